The third-order valence-electron chi connectivity index (χ3n) is 4.70. The highest BCUT2D eigenvalue weighted by Gasteiger charge is 2.26. The van der Waals surface area contributed by atoms with Gasteiger partial charge in [-0.25, -0.2) is 4.98 Å². The monoisotopic (exact) mass is 386 g/mol. The lowest BCUT2D eigenvalue weighted by Crippen LogP contribution is -2.40. The van der Waals surface area contributed by atoms with Crippen LogP contribution in [0.1, 0.15) is 23.8 Å². The molecule has 0 saturated carbocycles. The number of halogens is 1. The zero-order valence-corrected chi connectivity index (χ0v) is 15.8. The highest BCUT2D eigenvalue weighted by molar-refractivity contribution is 7.18. The summed E-state index contributed by atoms with van der Waals surface area (Å²) < 4.78 is 6.80. The van der Waals surface area contributed by atoms with Crippen molar-refractivity contribution >= 4 is 39.1 Å². The summed E-state index contributed by atoms with van der Waals surface area (Å²) >= 11 is 7.83. The number of aromatic nitrogens is 1. The van der Waals surface area contributed by atoms with Crippen molar-refractivity contribution in [1.82, 2.24) is 9.88 Å². The second kappa shape index (κ2) is 7.64. The van der Waals surface area contributed by atoms with Crippen LogP contribution in [-0.4, -0.2) is 35.5 Å². The van der Waals surface area contributed by atoms with E-state index in [2.05, 4.69) is 12.1 Å². The molecule has 1 saturated heterocycles. The molecule has 0 N–H and O–H groups in total. The summed E-state index contributed by atoms with van der Waals surface area (Å²) in [6.07, 6.45) is 1.88. The van der Waals surface area contributed by atoms with Gasteiger partial charge < -0.3 is 9.64 Å². The summed E-state index contributed by atoms with van der Waals surface area (Å²) in [6.45, 7) is 1.51. The van der Waals surface area contributed by atoms with Crippen LogP contribution >= 0.6 is 22.9 Å². The maximum atomic E-state index is 12.4. The van der Waals surface area contributed by atoms with Crippen molar-refractivity contribution in [2.45, 2.75) is 18.8 Å². The third-order valence-corrected chi connectivity index (χ3v) is 6.21. The van der Waals surface area contributed by atoms with Gasteiger partial charge in [-0.1, -0.05) is 35.9 Å². The van der Waals surface area contributed by atoms with E-state index >= 15 is 0 Å². The van der Waals surface area contributed by atoms with E-state index in [0.717, 1.165) is 31.4 Å². The molecule has 2 heterocycles. The number of rotatable bonds is 4. The van der Waals surface area contributed by atoms with Crippen LogP contribution in [0.25, 0.3) is 10.2 Å². The largest absolute Gasteiger partial charge is 0.482 e. The number of nitrogens with zero attached hydrogens (tertiary/aromatic N) is 2. The molecular weight excluding hydrogens is 368 g/mol. The van der Waals surface area contributed by atoms with Crippen LogP contribution in [0.15, 0.2) is 48.5 Å². The van der Waals surface area contributed by atoms with Crippen molar-refractivity contribution in [3.05, 3.63) is 58.6 Å². The number of ether oxygens (including phenoxy) is 1. The Bertz CT molecular complexity index is 886. The number of fused-ring (bicyclic) bond motifs is 1. The van der Waals surface area contributed by atoms with Gasteiger partial charge in [-0.15, -0.1) is 11.3 Å². The van der Waals surface area contributed by atoms with E-state index in [1.807, 2.05) is 29.2 Å². The summed E-state index contributed by atoms with van der Waals surface area (Å²) in [5, 5.41) is 1.71. The van der Waals surface area contributed by atoms with Gasteiger partial charge in [-0.3, -0.25) is 4.79 Å². The fourth-order valence-corrected chi connectivity index (χ4v) is 4.56. The Hall–Kier alpha value is -2.11. The van der Waals surface area contributed by atoms with Crippen molar-refractivity contribution in [3.63, 3.8) is 0 Å². The normalized spacial score (nSPS) is 15.3. The first-order chi connectivity index (χ1) is 12.7. The number of hydrogen-bond acceptors (Lipinski definition) is 4. The first-order valence-corrected chi connectivity index (χ1v) is 9.91. The quantitative estimate of drug-likeness (QED) is 0.650. The van der Waals surface area contributed by atoms with Gasteiger partial charge >= 0.3 is 0 Å². The smallest absolute Gasteiger partial charge is 0.260 e. The minimum Gasteiger partial charge on any atom is -0.482 e. The van der Waals surface area contributed by atoms with Crippen LogP contribution in [0.5, 0.6) is 5.75 Å². The molecule has 1 fully saturated rings. The predicted molar refractivity (Wildman–Crippen MR) is 105 cm³/mol. The topological polar surface area (TPSA) is 42.4 Å². The van der Waals surface area contributed by atoms with Gasteiger partial charge in [0.05, 0.1) is 20.2 Å². The number of para-hydroxylation sites is 2. The average Bonchev–Trinajstić information content (AvgIpc) is 3.11. The SMILES string of the molecule is O=C(COc1ccccc1Cl)N1CCC(c2nc3ccccc3s2)CC1. The lowest BCUT2D eigenvalue weighted by Gasteiger charge is -2.31. The lowest BCUT2D eigenvalue weighted by atomic mass is 9.97. The summed E-state index contributed by atoms with van der Waals surface area (Å²) in [5.41, 5.74) is 1.07. The van der Waals surface area contributed by atoms with Crippen molar-refractivity contribution in [3.8, 4) is 5.75 Å². The number of likely N-dealkylation sites (tertiary alicyclic amines) is 1. The Balaban J connectivity index is 1.33. The van der Waals surface area contributed by atoms with Gasteiger partial charge in [0.1, 0.15) is 5.75 Å². The minimum absolute atomic E-state index is 0.00710. The maximum Gasteiger partial charge on any atom is 0.260 e. The molecule has 4 nitrogen and oxygen atoms in total. The van der Waals surface area contributed by atoms with Gasteiger partial charge in [0, 0.05) is 19.0 Å². The Morgan fingerprint density at radius 2 is 1.88 bits per heavy atom. The molecule has 1 aromatic heterocycles. The molecule has 0 aliphatic carbocycles. The molecule has 26 heavy (non-hydrogen) atoms. The van der Waals surface area contributed by atoms with Crippen LogP contribution in [0.3, 0.4) is 0 Å². The molecule has 1 aliphatic heterocycles. The summed E-state index contributed by atoms with van der Waals surface area (Å²) in [5.74, 6) is 0.987. The number of thiazole rings is 1. The maximum absolute atomic E-state index is 12.4. The van der Waals surface area contributed by atoms with E-state index < -0.39 is 0 Å². The van der Waals surface area contributed by atoms with Crippen molar-refractivity contribution in [1.29, 1.82) is 0 Å². The van der Waals surface area contributed by atoms with E-state index in [-0.39, 0.29) is 12.5 Å². The molecule has 0 atom stereocenters. The molecule has 0 spiro atoms. The van der Waals surface area contributed by atoms with Gasteiger partial charge in [0.25, 0.3) is 5.91 Å². The van der Waals surface area contributed by atoms with Crippen molar-refractivity contribution < 1.29 is 9.53 Å². The number of piperidine rings is 1. The lowest BCUT2D eigenvalue weighted by molar-refractivity contribution is -0.134. The zero-order chi connectivity index (χ0) is 17.9. The van der Waals surface area contributed by atoms with Crippen LogP contribution in [-0.2, 0) is 4.79 Å². The van der Waals surface area contributed by atoms with Gasteiger partial charge in [-0.2, -0.15) is 0 Å². The van der Waals surface area contributed by atoms with Crippen molar-refractivity contribution in [2.75, 3.05) is 19.7 Å². The van der Waals surface area contributed by atoms with Gasteiger partial charge in [-0.05, 0) is 37.1 Å². The Kier molecular flexibility index (Phi) is 5.09. The Labute approximate surface area is 161 Å². The molecule has 3 aromatic rings. The molecular formula is C20H19ClN2O2S. The Morgan fingerprint density at radius 3 is 2.65 bits per heavy atom. The van der Waals surface area contributed by atoms with Crippen LogP contribution in [0.2, 0.25) is 5.02 Å². The van der Waals surface area contributed by atoms with Crippen molar-refractivity contribution in [2.24, 2.45) is 0 Å². The minimum atomic E-state index is 0.00710. The fraction of sp³-hybridized carbons (Fsp3) is 0.300. The molecule has 1 amide bonds. The molecule has 6 heteroatoms. The number of hydrogen-bond donors (Lipinski definition) is 0. The van der Waals surface area contributed by atoms with Crippen LogP contribution < -0.4 is 4.74 Å². The van der Waals surface area contributed by atoms with E-state index in [9.17, 15) is 4.79 Å². The second-order valence-corrected chi connectivity index (χ2v) is 7.86. The molecule has 134 valence electrons. The highest BCUT2D eigenvalue weighted by atomic mass is 35.5. The average molecular weight is 387 g/mol. The Morgan fingerprint density at radius 1 is 1.15 bits per heavy atom. The van der Waals surface area contributed by atoms with E-state index in [4.69, 9.17) is 21.3 Å². The summed E-state index contributed by atoms with van der Waals surface area (Å²) in [7, 11) is 0. The summed E-state index contributed by atoms with van der Waals surface area (Å²) in [6, 6.07) is 15.4. The van der Waals surface area contributed by atoms with Gasteiger partial charge in [0.2, 0.25) is 0 Å². The molecule has 0 radical (unpaired) electrons. The van der Waals surface area contributed by atoms with Crippen LogP contribution in [0, 0.1) is 0 Å². The summed E-state index contributed by atoms with van der Waals surface area (Å²) in [4.78, 5) is 19.1. The molecule has 0 bridgehead atoms. The highest BCUT2D eigenvalue weighted by Crippen LogP contribution is 2.33. The fourth-order valence-electron chi connectivity index (χ4n) is 3.23. The van der Waals surface area contributed by atoms with E-state index in [1.165, 1.54) is 9.71 Å². The first kappa shape index (κ1) is 17.3. The van der Waals surface area contributed by atoms with E-state index in [1.54, 1.807) is 23.5 Å². The molecule has 2 aromatic carbocycles. The molecule has 1 aliphatic rings. The number of benzene rings is 2. The number of carbonyl (C=O) groups is 1. The number of carbonyl (C=O) groups excluding carboxylic acids is 1. The van der Waals surface area contributed by atoms with Gasteiger partial charge in [0.15, 0.2) is 6.61 Å². The first-order valence-electron chi connectivity index (χ1n) is 8.71. The zero-order valence-electron chi connectivity index (χ0n) is 14.2. The molecule has 4 rings (SSSR count). The van der Waals surface area contributed by atoms with E-state index in [0.29, 0.717) is 16.7 Å². The standard InChI is InChI=1S/C20H19ClN2O2S/c21-15-5-1-3-7-17(15)25-13-19(24)23-11-9-14(10-12-23)20-22-16-6-2-4-8-18(16)26-20/h1-8,14H,9-13H2. The second-order valence-electron chi connectivity index (χ2n) is 6.39. The third kappa shape index (κ3) is 3.69. The predicted octanol–water partition coefficient (Wildman–Crippen LogP) is 4.73. The molecule has 0 unspecified atom stereocenters. The number of amides is 1. The van der Waals surface area contributed by atoms with Crippen LogP contribution in [0.4, 0.5) is 0 Å².